The van der Waals surface area contributed by atoms with E-state index in [0.717, 1.165) is 50.3 Å². The molecule has 0 unspecified atom stereocenters. The van der Waals surface area contributed by atoms with Crippen molar-refractivity contribution in [1.29, 1.82) is 0 Å². The zero-order valence-electron chi connectivity index (χ0n) is 16.5. The van der Waals surface area contributed by atoms with Gasteiger partial charge in [-0.1, -0.05) is 20.3 Å². The summed E-state index contributed by atoms with van der Waals surface area (Å²) in [6.45, 7) is 4.79. The monoisotopic (exact) mass is 410 g/mol. The van der Waals surface area contributed by atoms with Gasteiger partial charge in [0.15, 0.2) is 5.82 Å². The van der Waals surface area contributed by atoms with E-state index in [1.165, 1.54) is 6.07 Å². The number of aromatic nitrogens is 4. The Hall–Kier alpha value is -2.65. The highest BCUT2D eigenvalue weighted by atomic mass is 19.4. The van der Waals surface area contributed by atoms with Crippen LogP contribution >= 0.6 is 0 Å². The number of alkyl halides is 3. The smallest absolute Gasteiger partial charge is 0.358 e. The van der Waals surface area contributed by atoms with Crippen LogP contribution < -0.4 is 10.6 Å². The number of aryl methyl sites for hydroxylation is 1. The molecule has 0 saturated carbocycles. The topological polar surface area (TPSA) is 84.7 Å². The Morgan fingerprint density at radius 3 is 2.66 bits per heavy atom. The van der Waals surface area contributed by atoms with Crippen molar-refractivity contribution in [3.63, 3.8) is 0 Å². The van der Waals surface area contributed by atoms with Crippen LogP contribution in [0.25, 0.3) is 0 Å². The van der Waals surface area contributed by atoms with Gasteiger partial charge >= 0.3 is 6.18 Å². The summed E-state index contributed by atoms with van der Waals surface area (Å²) < 4.78 is 40.1. The summed E-state index contributed by atoms with van der Waals surface area (Å²) in [7, 11) is 0. The van der Waals surface area contributed by atoms with E-state index in [1.54, 1.807) is 0 Å². The Labute approximate surface area is 167 Å². The van der Waals surface area contributed by atoms with Gasteiger partial charge in [-0.2, -0.15) is 13.2 Å². The van der Waals surface area contributed by atoms with Crippen LogP contribution in [0.5, 0.6) is 0 Å². The fourth-order valence-corrected chi connectivity index (χ4v) is 3.29. The lowest BCUT2D eigenvalue weighted by Gasteiger charge is -2.22. The molecule has 1 atom stereocenters. The highest BCUT2D eigenvalue weighted by molar-refractivity contribution is 5.84. The third kappa shape index (κ3) is 5.24. The zero-order chi connectivity index (χ0) is 21.0. The summed E-state index contributed by atoms with van der Waals surface area (Å²) in [6.07, 6.45) is 0.483. The molecule has 0 radical (unpaired) electrons. The Morgan fingerprint density at radius 1 is 1.21 bits per heavy atom. The first-order valence-electron chi connectivity index (χ1n) is 9.74. The molecule has 2 N–H and O–H groups in total. The number of pyridine rings is 1. The van der Waals surface area contributed by atoms with E-state index in [9.17, 15) is 18.0 Å². The molecular formula is C19H25F3N6O. The highest BCUT2D eigenvalue weighted by Crippen LogP contribution is 2.29. The third-order valence-corrected chi connectivity index (χ3v) is 4.95. The quantitative estimate of drug-likeness (QED) is 0.764. The summed E-state index contributed by atoms with van der Waals surface area (Å²) >= 11 is 0. The van der Waals surface area contributed by atoms with Crippen molar-refractivity contribution >= 4 is 11.7 Å². The van der Waals surface area contributed by atoms with E-state index >= 15 is 0 Å². The molecule has 0 aromatic carbocycles. The summed E-state index contributed by atoms with van der Waals surface area (Å²) in [5.41, 5.74) is -0.832. The Kier molecular flexibility index (Phi) is 6.39. The summed E-state index contributed by atoms with van der Waals surface area (Å²) in [6, 6.07) is 1.52. The Balaban J connectivity index is 1.63. The largest absolute Gasteiger partial charge is 0.417 e. The molecule has 0 aliphatic carbocycles. The SMILES string of the molecule is CC(C)[C@@H](Nc1ccc(C(F)(F)F)cn1)C(=O)NCc1nnc2n1CCCCC2. The first-order chi connectivity index (χ1) is 13.8. The molecule has 1 amide bonds. The molecule has 3 rings (SSSR count). The lowest BCUT2D eigenvalue weighted by molar-refractivity contribution is -0.137. The number of hydrogen-bond donors (Lipinski definition) is 2. The van der Waals surface area contributed by atoms with Crippen LogP contribution in [0.15, 0.2) is 18.3 Å². The number of carbonyl (C=O) groups is 1. The number of carbonyl (C=O) groups excluding carboxylic acids is 1. The minimum atomic E-state index is -4.45. The maximum Gasteiger partial charge on any atom is 0.417 e. The standard InChI is InChI=1S/C19H25F3N6O/c1-12(2)17(25-14-8-7-13(10-23-14)19(20,21)22)18(29)24-11-16-27-26-15-6-4-3-5-9-28(15)16/h7-8,10,12,17H,3-6,9,11H2,1-2H3,(H,23,25)(H,24,29)/t17-/m1/s1. The van der Waals surface area contributed by atoms with Gasteiger partial charge in [0.05, 0.1) is 12.1 Å². The molecule has 29 heavy (non-hydrogen) atoms. The molecule has 1 aliphatic rings. The number of amides is 1. The summed E-state index contributed by atoms with van der Waals surface area (Å²) in [5, 5.41) is 14.2. The van der Waals surface area contributed by atoms with Crippen molar-refractivity contribution < 1.29 is 18.0 Å². The molecule has 7 nitrogen and oxygen atoms in total. The van der Waals surface area contributed by atoms with Crippen molar-refractivity contribution in [3.8, 4) is 0 Å². The van der Waals surface area contributed by atoms with Gasteiger partial charge in [0, 0.05) is 19.2 Å². The van der Waals surface area contributed by atoms with Gasteiger partial charge in [0.1, 0.15) is 17.7 Å². The van der Waals surface area contributed by atoms with Gasteiger partial charge in [-0.3, -0.25) is 4.79 Å². The number of nitrogens with zero attached hydrogens (tertiary/aromatic N) is 4. The fraction of sp³-hybridized carbons (Fsp3) is 0.579. The number of hydrogen-bond acceptors (Lipinski definition) is 5. The van der Waals surface area contributed by atoms with Crippen molar-refractivity contribution in [3.05, 3.63) is 35.5 Å². The zero-order valence-corrected chi connectivity index (χ0v) is 16.5. The van der Waals surface area contributed by atoms with Crippen LogP contribution in [-0.2, 0) is 30.5 Å². The number of rotatable bonds is 6. The van der Waals surface area contributed by atoms with Crippen LogP contribution in [0.3, 0.4) is 0 Å². The molecule has 3 heterocycles. The fourth-order valence-electron chi connectivity index (χ4n) is 3.29. The summed E-state index contributed by atoms with van der Waals surface area (Å²) in [5.74, 6) is 1.50. The molecule has 158 valence electrons. The molecule has 1 aliphatic heterocycles. The molecule has 2 aromatic heterocycles. The maximum absolute atomic E-state index is 12.7. The number of nitrogens with one attached hydrogen (secondary N) is 2. The van der Waals surface area contributed by atoms with E-state index in [2.05, 4.69) is 30.4 Å². The second kappa shape index (κ2) is 8.79. The van der Waals surface area contributed by atoms with E-state index in [1.807, 2.05) is 13.8 Å². The van der Waals surface area contributed by atoms with E-state index in [4.69, 9.17) is 0 Å². The van der Waals surface area contributed by atoms with Gasteiger partial charge in [-0.25, -0.2) is 4.98 Å². The summed E-state index contributed by atoms with van der Waals surface area (Å²) in [4.78, 5) is 16.5. The molecule has 0 spiro atoms. The van der Waals surface area contributed by atoms with Crippen molar-refractivity contribution in [2.45, 2.75) is 64.8 Å². The van der Waals surface area contributed by atoms with Crippen LogP contribution in [0.2, 0.25) is 0 Å². The second-order valence-electron chi connectivity index (χ2n) is 7.51. The van der Waals surface area contributed by atoms with E-state index in [-0.39, 0.29) is 24.2 Å². The first kappa shape index (κ1) is 21.1. The molecular weight excluding hydrogens is 385 g/mol. The van der Waals surface area contributed by atoms with Crippen molar-refractivity contribution in [2.75, 3.05) is 5.32 Å². The number of fused-ring (bicyclic) bond motifs is 1. The van der Waals surface area contributed by atoms with E-state index in [0.29, 0.717) is 5.82 Å². The minimum Gasteiger partial charge on any atom is -0.358 e. The lowest BCUT2D eigenvalue weighted by atomic mass is 10.0. The minimum absolute atomic E-state index is 0.102. The Morgan fingerprint density at radius 2 is 2.00 bits per heavy atom. The van der Waals surface area contributed by atoms with E-state index < -0.39 is 17.8 Å². The number of anilines is 1. The van der Waals surface area contributed by atoms with Crippen LogP contribution in [0.1, 0.15) is 50.3 Å². The predicted molar refractivity (Wildman–Crippen MR) is 101 cm³/mol. The molecule has 10 heteroatoms. The lowest BCUT2D eigenvalue weighted by Crippen LogP contribution is -2.43. The van der Waals surface area contributed by atoms with Gasteiger partial charge in [-0.15, -0.1) is 10.2 Å². The van der Waals surface area contributed by atoms with Crippen molar-refractivity contribution in [1.82, 2.24) is 25.1 Å². The predicted octanol–water partition coefficient (Wildman–Crippen LogP) is 3.17. The third-order valence-electron chi connectivity index (χ3n) is 4.95. The van der Waals surface area contributed by atoms with Crippen LogP contribution in [0.4, 0.5) is 19.0 Å². The highest BCUT2D eigenvalue weighted by Gasteiger charge is 2.31. The van der Waals surface area contributed by atoms with Gasteiger partial charge in [0.25, 0.3) is 0 Å². The normalized spacial score (nSPS) is 15.5. The van der Waals surface area contributed by atoms with Gasteiger partial charge < -0.3 is 15.2 Å². The average molecular weight is 410 g/mol. The molecule has 0 fully saturated rings. The van der Waals surface area contributed by atoms with Gasteiger partial charge in [-0.05, 0) is 30.9 Å². The molecule has 2 aromatic rings. The van der Waals surface area contributed by atoms with Crippen LogP contribution in [-0.4, -0.2) is 31.7 Å². The van der Waals surface area contributed by atoms with Crippen LogP contribution in [0, 0.1) is 5.92 Å². The van der Waals surface area contributed by atoms with Gasteiger partial charge in [0.2, 0.25) is 5.91 Å². The average Bonchev–Trinajstić information content (AvgIpc) is 2.89. The number of halogens is 3. The second-order valence-corrected chi connectivity index (χ2v) is 7.51. The first-order valence-corrected chi connectivity index (χ1v) is 9.74. The Bertz CT molecular complexity index is 831. The molecule has 0 saturated heterocycles. The maximum atomic E-state index is 12.7. The van der Waals surface area contributed by atoms with Crippen molar-refractivity contribution in [2.24, 2.45) is 5.92 Å². The molecule has 0 bridgehead atoms.